The van der Waals surface area contributed by atoms with Gasteiger partial charge in [0.2, 0.25) is 0 Å². The number of halogens is 2. The standard InChI is InChI=1S/C21H22ClFNO3/c1-15-13-26-20(9-4-16-2-7-18(23)8-3-16)12-24(15)21(25)14-27-19-10-5-17(22)6-11-19/h2-3,5-8,10,15,20H,4,9,12-14H2,1H3. The van der Waals surface area contributed by atoms with Gasteiger partial charge in [0.05, 0.1) is 18.8 Å². The number of benzene rings is 2. The van der Waals surface area contributed by atoms with Crippen molar-refractivity contribution in [2.75, 3.05) is 19.8 Å². The first-order chi connectivity index (χ1) is 13.0. The van der Waals surface area contributed by atoms with Crippen LogP contribution in [0.15, 0.2) is 42.5 Å². The summed E-state index contributed by atoms with van der Waals surface area (Å²) in [6.07, 6.45) is 1.50. The molecule has 1 radical (unpaired) electrons. The molecule has 6 heteroatoms. The van der Waals surface area contributed by atoms with Crippen molar-refractivity contribution in [1.29, 1.82) is 0 Å². The van der Waals surface area contributed by atoms with Crippen LogP contribution in [0.2, 0.25) is 5.02 Å². The molecule has 1 heterocycles. The van der Waals surface area contributed by atoms with E-state index in [9.17, 15) is 9.18 Å². The van der Waals surface area contributed by atoms with Crippen LogP contribution in [0.3, 0.4) is 0 Å². The number of aryl methyl sites for hydroxylation is 1. The van der Waals surface area contributed by atoms with E-state index in [4.69, 9.17) is 21.1 Å². The molecule has 2 atom stereocenters. The van der Waals surface area contributed by atoms with Crippen LogP contribution >= 0.6 is 11.6 Å². The molecule has 2 unspecified atom stereocenters. The van der Waals surface area contributed by atoms with Gasteiger partial charge < -0.3 is 14.4 Å². The van der Waals surface area contributed by atoms with E-state index in [2.05, 4.69) is 6.07 Å². The highest BCUT2D eigenvalue weighted by molar-refractivity contribution is 6.30. The van der Waals surface area contributed by atoms with Crippen LogP contribution < -0.4 is 4.74 Å². The molecule has 0 bridgehead atoms. The third-order valence-corrected chi connectivity index (χ3v) is 4.83. The predicted octanol–water partition coefficient (Wildman–Crippen LogP) is 3.91. The Morgan fingerprint density at radius 2 is 2.11 bits per heavy atom. The summed E-state index contributed by atoms with van der Waals surface area (Å²) in [5.41, 5.74) is 1.05. The van der Waals surface area contributed by atoms with Gasteiger partial charge in [-0.25, -0.2) is 4.39 Å². The van der Waals surface area contributed by atoms with Crippen molar-refractivity contribution in [3.63, 3.8) is 0 Å². The highest BCUT2D eigenvalue weighted by Crippen LogP contribution is 2.18. The monoisotopic (exact) mass is 390 g/mol. The first-order valence-corrected chi connectivity index (χ1v) is 9.34. The summed E-state index contributed by atoms with van der Waals surface area (Å²) in [6.45, 7) is 2.93. The molecule has 1 amide bonds. The molecule has 2 aromatic carbocycles. The van der Waals surface area contributed by atoms with E-state index in [1.165, 1.54) is 12.1 Å². The Kier molecular flexibility index (Phi) is 6.69. The van der Waals surface area contributed by atoms with Gasteiger partial charge in [-0.3, -0.25) is 4.79 Å². The Hall–Kier alpha value is -2.11. The molecular weight excluding hydrogens is 369 g/mol. The SMILES string of the molecule is CC1COC(CCc2ccc(F)cc2)CN1C(=O)COc1[c]cc(Cl)cc1. The number of ether oxygens (including phenoxy) is 2. The summed E-state index contributed by atoms with van der Waals surface area (Å²) >= 11 is 5.82. The minimum Gasteiger partial charge on any atom is -0.483 e. The third kappa shape index (κ3) is 5.68. The molecule has 0 aliphatic carbocycles. The van der Waals surface area contributed by atoms with Crippen molar-refractivity contribution in [2.24, 2.45) is 0 Å². The highest BCUT2D eigenvalue weighted by atomic mass is 35.5. The van der Waals surface area contributed by atoms with Gasteiger partial charge in [0.25, 0.3) is 5.91 Å². The molecule has 2 aromatic rings. The Morgan fingerprint density at radius 3 is 2.81 bits per heavy atom. The van der Waals surface area contributed by atoms with Crippen LogP contribution in [0, 0.1) is 11.9 Å². The average molecular weight is 391 g/mol. The fourth-order valence-electron chi connectivity index (χ4n) is 3.02. The lowest BCUT2D eigenvalue weighted by molar-refractivity contribution is -0.146. The van der Waals surface area contributed by atoms with Gasteiger partial charge in [-0.15, -0.1) is 0 Å². The molecular formula is C21H22ClFNO3. The predicted molar refractivity (Wildman–Crippen MR) is 101 cm³/mol. The largest absolute Gasteiger partial charge is 0.483 e. The van der Waals surface area contributed by atoms with Gasteiger partial charge in [-0.05, 0) is 55.7 Å². The van der Waals surface area contributed by atoms with Crippen LogP contribution in [-0.2, 0) is 16.0 Å². The summed E-state index contributed by atoms with van der Waals surface area (Å²) in [7, 11) is 0. The molecule has 1 aliphatic heterocycles. The summed E-state index contributed by atoms with van der Waals surface area (Å²) in [5, 5.41) is 0.569. The minimum atomic E-state index is -0.240. The fourth-order valence-corrected chi connectivity index (χ4v) is 3.14. The molecule has 3 rings (SSSR count). The Bertz CT molecular complexity index is 751. The summed E-state index contributed by atoms with van der Waals surface area (Å²) in [4.78, 5) is 14.4. The fraction of sp³-hybridized carbons (Fsp3) is 0.381. The molecule has 4 nitrogen and oxygen atoms in total. The molecule has 1 saturated heterocycles. The van der Waals surface area contributed by atoms with Crippen LogP contribution in [-0.4, -0.2) is 42.7 Å². The van der Waals surface area contributed by atoms with E-state index >= 15 is 0 Å². The Labute approximate surface area is 163 Å². The number of rotatable bonds is 6. The lowest BCUT2D eigenvalue weighted by Gasteiger charge is -2.38. The van der Waals surface area contributed by atoms with E-state index < -0.39 is 0 Å². The van der Waals surface area contributed by atoms with Crippen molar-refractivity contribution in [2.45, 2.75) is 31.9 Å². The normalized spacial score (nSPS) is 19.7. The zero-order chi connectivity index (χ0) is 19.2. The number of nitrogens with zero attached hydrogens (tertiary/aromatic N) is 1. The Morgan fingerprint density at radius 1 is 1.33 bits per heavy atom. The zero-order valence-corrected chi connectivity index (χ0v) is 15.9. The smallest absolute Gasteiger partial charge is 0.260 e. The number of carbonyl (C=O) groups excluding carboxylic acids is 1. The van der Waals surface area contributed by atoms with E-state index in [1.807, 2.05) is 6.92 Å². The van der Waals surface area contributed by atoms with Crippen LogP contribution in [0.4, 0.5) is 4.39 Å². The molecule has 1 aliphatic rings. The van der Waals surface area contributed by atoms with Gasteiger partial charge in [-0.2, -0.15) is 0 Å². The van der Waals surface area contributed by atoms with E-state index in [0.717, 1.165) is 18.4 Å². The molecule has 0 spiro atoms. The topological polar surface area (TPSA) is 38.8 Å². The van der Waals surface area contributed by atoms with Crippen molar-refractivity contribution in [1.82, 2.24) is 4.90 Å². The van der Waals surface area contributed by atoms with Crippen LogP contribution in [0.1, 0.15) is 18.9 Å². The summed E-state index contributed by atoms with van der Waals surface area (Å²) in [5.74, 6) is 0.165. The number of hydrogen-bond donors (Lipinski definition) is 0. The Balaban J connectivity index is 1.50. The number of carbonyl (C=O) groups is 1. The molecule has 0 aromatic heterocycles. The second kappa shape index (κ2) is 9.20. The first kappa shape index (κ1) is 19.6. The van der Waals surface area contributed by atoms with Crippen molar-refractivity contribution in [3.05, 3.63) is 64.9 Å². The van der Waals surface area contributed by atoms with Crippen molar-refractivity contribution >= 4 is 17.5 Å². The van der Waals surface area contributed by atoms with Crippen molar-refractivity contribution in [3.8, 4) is 5.75 Å². The number of morpholine rings is 1. The first-order valence-electron chi connectivity index (χ1n) is 8.97. The lowest BCUT2D eigenvalue weighted by Crippen LogP contribution is -2.52. The third-order valence-electron chi connectivity index (χ3n) is 4.59. The van der Waals surface area contributed by atoms with Gasteiger partial charge in [0.15, 0.2) is 6.61 Å². The van der Waals surface area contributed by atoms with Gasteiger partial charge in [-0.1, -0.05) is 23.7 Å². The number of amides is 1. The zero-order valence-electron chi connectivity index (χ0n) is 15.2. The quantitative estimate of drug-likeness (QED) is 0.750. The van der Waals surface area contributed by atoms with Crippen LogP contribution in [0.5, 0.6) is 5.75 Å². The molecule has 0 N–H and O–H groups in total. The number of hydrogen-bond acceptors (Lipinski definition) is 3. The van der Waals surface area contributed by atoms with E-state index in [0.29, 0.717) is 23.9 Å². The summed E-state index contributed by atoms with van der Waals surface area (Å²) in [6, 6.07) is 14.3. The maximum absolute atomic E-state index is 13.0. The lowest BCUT2D eigenvalue weighted by atomic mass is 10.0. The molecule has 27 heavy (non-hydrogen) atoms. The second-order valence-corrected chi connectivity index (χ2v) is 7.11. The van der Waals surface area contributed by atoms with Gasteiger partial charge >= 0.3 is 0 Å². The van der Waals surface area contributed by atoms with E-state index in [1.54, 1.807) is 35.2 Å². The second-order valence-electron chi connectivity index (χ2n) is 6.68. The van der Waals surface area contributed by atoms with Crippen LogP contribution in [0.25, 0.3) is 0 Å². The maximum Gasteiger partial charge on any atom is 0.260 e. The van der Waals surface area contributed by atoms with Gasteiger partial charge in [0.1, 0.15) is 11.6 Å². The van der Waals surface area contributed by atoms with E-state index in [-0.39, 0.29) is 30.5 Å². The highest BCUT2D eigenvalue weighted by Gasteiger charge is 2.29. The van der Waals surface area contributed by atoms with Gasteiger partial charge in [0, 0.05) is 17.6 Å². The van der Waals surface area contributed by atoms with Crippen molar-refractivity contribution < 1.29 is 18.7 Å². The maximum atomic E-state index is 13.0. The summed E-state index contributed by atoms with van der Waals surface area (Å²) < 4.78 is 24.4. The molecule has 0 saturated carbocycles. The molecule has 143 valence electrons. The minimum absolute atomic E-state index is 0.00244. The average Bonchev–Trinajstić information content (AvgIpc) is 2.68. The molecule has 1 fully saturated rings.